The minimum Gasteiger partial charge on any atom is -0.453 e. The Hall–Kier alpha value is -2.15. The molecule has 2 aliphatic rings. The standard InChI is InChI=1S/C18H25ClN4O3/c1-26-18(25)23-8-4-5-14(13-23)20-17(24)22-11-9-21(10-12-22)16-7-3-2-6-15(16)19/h2-3,6-7,14H,4-5,8-13H2,1H3,(H,20,24). The summed E-state index contributed by atoms with van der Waals surface area (Å²) in [6, 6.07) is 7.67. The number of anilines is 1. The number of nitrogens with zero attached hydrogens (tertiary/aromatic N) is 3. The summed E-state index contributed by atoms with van der Waals surface area (Å²) in [4.78, 5) is 29.9. The first-order valence-corrected chi connectivity index (χ1v) is 9.34. The molecule has 3 rings (SSSR count). The quantitative estimate of drug-likeness (QED) is 0.855. The van der Waals surface area contributed by atoms with Crippen molar-refractivity contribution in [3.63, 3.8) is 0 Å². The van der Waals surface area contributed by atoms with Crippen LogP contribution in [0.1, 0.15) is 12.8 Å². The highest BCUT2D eigenvalue weighted by Gasteiger charge is 2.28. The van der Waals surface area contributed by atoms with Crippen LogP contribution in [-0.4, -0.2) is 74.3 Å². The van der Waals surface area contributed by atoms with Crippen molar-refractivity contribution in [1.29, 1.82) is 0 Å². The molecule has 0 aliphatic carbocycles. The third-order valence-corrected chi connectivity index (χ3v) is 5.26. The average Bonchev–Trinajstić information content (AvgIpc) is 2.68. The number of hydrogen-bond acceptors (Lipinski definition) is 4. The van der Waals surface area contributed by atoms with Gasteiger partial charge >= 0.3 is 12.1 Å². The number of rotatable bonds is 2. The summed E-state index contributed by atoms with van der Waals surface area (Å²) in [6.45, 7) is 3.95. The fraction of sp³-hybridized carbons (Fsp3) is 0.556. The van der Waals surface area contributed by atoms with E-state index in [-0.39, 0.29) is 18.2 Å². The van der Waals surface area contributed by atoms with Gasteiger partial charge in [-0.3, -0.25) is 0 Å². The first kappa shape index (κ1) is 18.6. The SMILES string of the molecule is COC(=O)N1CCCC(NC(=O)N2CCN(c3ccccc3Cl)CC2)C1. The molecule has 3 amide bonds. The van der Waals surface area contributed by atoms with Crippen LogP contribution in [0.25, 0.3) is 0 Å². The zero-order chi connectivity index (χ0) is 18.5. The molecular formula is C18H25ClN4O3. The van der Waals surface area contributed by atoms with Gasteiger partial charge < -0.3 is 24.8 Å². The van der Waals surface area contributed by atoms with Gasteiger partial charge in [0.2, 0.25) is 0 Å². The van der Waals surface area contributed by atoms with Crippen molar-refractivity contribution in [3.8, 4) is 0 Å². The molecule has 0 aromatic heterocycles. The lowest BCUT2D eigenvalue weighted by atomic mass is 10.1. The van der Waals surface area contributed by atoms with Crippen molar-refractivity contribution in [1.82, 2.24) is 15.1 Å². The van der Waals surface area contributed by atoms with E-state index in [1.165, 1.54) is 7.11 Å². The molecular weight excluding hydrogens is 356 g/mol. The first-order chi connectivity index (χ1) is 12.6. The Bertz CT molecular complexity index is 649. The normalized spacial score (nSPS) is 20.7. The second-order valence-electron chi connectivity index (χ2n) is 6.63. The minimum absolute atomic E-state index is 0.0306. The lowest BCUT2D eigenvalue weighted by molar-refractivity contribution is 0.106. The maximum atomic E-state index is 12.6. The summed E-state index contributed by atoms with van der Waals surface area (Å²) >= 11 is 6.26. The number of para-hydroxylation sites is 1. The molecule has 0 bridgehead atoms. The molecule has 8 heteroatoms. The lowest BCUT2D eigenvalue weighted by Gasteiger charge is -2.38. The third kappa shape index (κ3) is 4.33. The Balaban J connectivity index is 1.49. The summed E-state index contributed by atoms with van der Waals surface area (Å²) in [5, 5.41) is 3.79. The van der Waals surface area contributed by atoms with Crippen molar-refractivity contribution < 1.29 is 14.3 Å². The van der Waals surface area contributed by atoms with Gasteiger partial charge in [-0.25, -0.2) is 9.59 Å². The second kappa shape index (κ2) is 8.49. The van der Waals surface area contributed by atoms with Crippen molar-refractivity contribution in [2.75, 3.05) is 51.3 Å². The Morgan fingerprint density at radius 1 is 1.12 bits per heavy atom. The number of urea groups is 1. The molecule has 2 saturated heterocycles. The van der Waals surface area contributed by atoms with Crippen LogP contribution < -0.4 is 10.2 Å². The zero-order valence-corrected chi connectivity index (χ0v) is 15.7. The molecule has 2 heterocycles. The Labute approximate surface area is 158 Å². The molecule has 26 heavy (non-hydrogen) atoms. The average molecular weight is 381 g/mol. The third-order valence-electron chi connectivity index (χ3n) is 4.94. The fourth-order valence-electron chi connectivity index (χ4n) is 3.51. The Morgan fingerprint density at radius 2 is 1.85 bits per heavy atom. The van der Waals surface area contributed by atoms with Crippen molar-refractivity contribution in [2.45, 2.75) is 18.9 Å². The van der Waals surface area contributed by atoms with Crippen LogP contribution >= 0.6 is 11.6 Å². The van der Waals surface area contributed by atoms with E-state index in [2.05, 4.69) is 10.2 Å². The number of carbonyl (C=O) groups is 2. The van der Waals surface area contributed by atoms with Gasteiger partial charge in [0.15, 0.2) is 0 Å². The van der Waals surface area contributed by atoms with Crippen molar-refractivity contribution in [3.05, 3.63) is 29.3 Å². The summed E-state index contributed by atoms with van der Waals surface area (Å²) in [7, 11) is 1.38. The monoisotopic (exact) mass is 380 g/mol. The van der Waals surface area contributed by atoms with Gasteiger partial charge in [0.05, 0.1) is 17.8 Å². The summed E-state index contributed by atoms with van der Waals surface area (Å²) in [5.41, 5.74) is 1.01. The molecule has 0 saturated carbocycles. The van der Waals surface area contributed by atoms with Crippen LogP contribution in [0, 0.1) is 0 Å². The van der Waals surface area contributed by atoms with E-state index in [9.17, 15) is 9.59 Å². The Morgan fingerprint density at radius 3 is 2.54 bits per heavy atom. The number of amides is 3. The summed E-state index contributed by atoms with van der Waals surface area (Å²) in [6.07, 6.45) is 1.40. The van der Waals surface area contributed by atoms with Gasteiger partial charge in [0.1, 0.15) is 0 Å². The maximum absolute atomic E-state index is 12.6. The number of hydrogen-bond donors (Lipinski definition) is 1. The van der Waals surface area contributed by atoms with E-state index in [1.54, 1.807) is 4.90 Å². The number of halogens is 1. The Kier molecular flexibility index (Phi) is 6.08. The molecule has 1 aromatic carbocycles. The highest BCUT2D eigenvalue weighted by Crippen LogP contribution is 2.26. The number of likely N-dealkylation sites (tertiary alicyclic amines) is 1. The minimum atomic E-state index is -0.336. The lowest BCUT2D eigenvalue weighted by Crippen LogP contribution is -2.56. The predicted molar refractivity (Wildman–Crippen MR) is 101 cm³/mol. The maximum Gasteiger partial charge on any atom is 0.409 e. The largest absolute Gasteiger partial charge is 0.453 e. The van der Waals surface area contributed by atoms with Crippen LogP contribution in [0.2, 0.25) is 5.02 Å². The first-order valence-electron chi connectivity index (χ1n) is 8.96. The van der Waals surface area contributed by atoms with Gasteiger partial charge in [0, 0.05) is 45.3 Å². The number of benzene rings is 1. The number of ether oxygens (including phenoxy) is 1. The number of methoxy groups -OCH3 is 1. The van der Waals surface area contributed by atoms with Gasteiger partial charge in [-0.2, -0.15) is 0 Å². The van der Waals surface area contributed by atoms with Gasteiger partial charge in [-0.05, 0) is 25.0 Å². The van der Waals surface area contributed by atoms with E-state index >= 15 is 0 Å². The van der Waals surface area contributed by atoms with Crippen molar-refractivity contribution >= 4 is 29.4 Å². The van der Waals surface area contributed by atoms with E-state index in [0.717, 1.165) is 36.6 Å². The van der Waals surface area contributed by atoms with Crippen LogP contribution in [0.15, 0.2) is 24.3 Å². The fourth-order valence-corrected chi connectivity index (χ4v) is 3.77. The molecule has 1 unspecified atom stereocenters. The van der Waals surface area contributed by atoms with E-state index in [4.69, 9.17) is 16.3 Å². The molecule has 0 radical (unpaired) electrons. The van der Waals surface area contributed by atoms with Crippen molar-refractivity contribution in [2.24, 2.45) is 0 Å². The summed E-state index contributed by atoms with van der Waals surface area (Å²) in [5.74, 6) is 0. The smallest absolute Gasteiger partial charge is 0.409 e. The van der Waals surface area contributed by atoms with E-state index < -0.39 is 0 Å². The molecule has 1 N–H and O–H groups in total. The number of carbonyl (C=O) groups excluding carboxylic acids is 2. The van der Waals surface area contributed by atoms with Crippen LogP contribution in [0.5, 0.6) is 0 Å². The molecule has 1 atom stereocenters. The molecule has 2 aliphatic heterocycles. The van der Waals surface area contributed by atoms with Crippen LogP contribution in [0.4, 0.5) is 15.3 Å². The molecule has 7 nitrogen and oxygen atoms in total. The molecule has 142 valence electrons. The topological polar surface area (TPSA) is 65.1 Å². The highest BCUT2D eigenvalue weighted by atomic mass is 35.5. The van der Waals surface area contributed by atoms with Crippen LogP contribution in [0.3, 0.4) is 0 Å². The predicted octanol–water partition coefficient (Wildman–Crippen LogP) is 2.40. The number of piperazine rings is 1. The van der Waals surface area contributed by atoms with Gasteiger partial charge in [-0.1, -0.05) is 23.7 Å². The molecule has 1 aromatic rings. The number of piperidine rings is 1. The van der Waals surface area contributed by atoms with E-state index in [0.29, 0.717) is 26.2 Å². The second-order valence-corrected chi connectivity index (χ2v) is 7.04. The van der Waals surface area contributed by atoms with Gasteiger partial charge in [-0.15, -0.1) is 0 Å². The van der Waals surface area contributed by atoms with Crippen LogP contribution in [-0.2, 0) is 4.74 Å². The molecule has 0 spiro atoms. The summed E-state index contributed by atoms with van der Waals surface area (Å²) < 4.78 is 4.77. The molecule has 2 fully saturated rings. The van der Waals surface area contributed by atoms with E-state index in [1.807, 2.05) is 29.2 Å². The van der Waals surface area contributed by atoms with Gasteiger partial charge in [0.25, 0.3) is 0 Å². The zero-order valence-electron chi connectivity index (χ0n) is 15.0. The highest BCUT2D eigenvalue weighted by molar-refractivity contribution is 6.33. The number of nitrogens with one attached hydrogen (secondary N) is 1.